The van der Waals surface area contributed by atoms with E-state index in [1.165, 1.54) is 9.60 Å². The van der Waals surface area contributed by atoms with Crippen LogP contribution in [0.25, 0.3) is 10.2 Å². The molecular formula is C18H24N7OS+. The molecule has 1 atom stereocenters. The minimum Gasteiger partial charge on any atom is -0.376 e. The number of ether oxygens (including phenoxy) is 1. The fourth-order valence-electron chi connectivity index (χ4n) is 3.88. The van der Waals surface area contributed by atoms with Gasteiger partial charge in [0, 0.05) is 6.61 Å². The van der Waals surface area contributed by atoms with E-state index in [1.807, 2.05) is 4.68 Å². The van der Waals surface area contributed by atoms with Gasteiger partial charge in [-0.3, -0.25) is 0 Å². The van der Waals surface area contributed by atoms with Crippen molar-refractivity contribution >= 4 is 26.7 Å². The Balaban J connectivity index is 1.19. The predicted molar refractivity (Wildman–Crippen MR) is 103 cm³/mol. The third-order valence-corrected chi connectivity index (χ3v) is 6.54. The van der Waals surface area contributed by atoms with Crippen LogP contribution in [0.15, 0.2) is 24.3 Å². The second-order valence-corrected chi connectivity index (χ2v) is 8.30. The Bertz CT molecular complexity index is 863. The number of hydrogen-bond acceptors (Lipinski definition) is 7. The molecule has 0 unspecified atom stereocenters. The van der Waals surface area contributed by atoms with E-state index in [0.29, 0.717) is 0 Å². The molecule has 0 bridgehead atoms. The molecule has 1 aromatic carbocycles. The zero-order chi connectivity index (χ0) is 18.1. The van der Waals surface area contributed by atoms with Crippen LogP contribution in [-0.2, 0) is 17.8 Å². The summed E-state index contributed by atoms with van der Waals surface area (Å²) in [5, 5.41) is 13.5. The van der Waals surface area contributed by atoms with Gasteiger partial charge in [0.25, 0.3) is 0 Å². The van der Waals surface area contributed by atoms with Crippen molar-refractivity contribution in [3.63, 3.8) is 0 Å². The van der Waals surface area contributed by atoms with E-state index in [-0.39, 0.29) is 6.10 Å². The lowest BCUT2D eigenvalue weighted by molar-refractivity contribution is -0.915. The number of nitrogens with one attached hydrogen (secondary N) is 1. The van der Waals surface area contributed by atoms with Crippen LogP contribution in [0.3, 0.4) is 0 Å². The molecule has 2 saturated heterocycles. The van der Waals surface area contributed by atoms with Crippen LogP contribution < -0.4 is 9.80 Å². The number of benzene rings is 1. The number of nitrogens with zero attached hydrogens (tertiary/aromatic N) is 6. The Morgan fingerprint density at radius 2 is 2.11 bits per heavy atom. The highest BCUT2D eigenvalue weighted by Crippen LogP contribution is 2.28. The minimum absolute atomic E-state index is 0.262. The number of aromatic nitrogens is 5. The van der Waals surface area contributed by atoms with Crippen molar-refractivity contribution in [3.05, 3.63) is 30.1 Å². The van der Waals surface area contributed by atoms with Crippen LogP contribution in [0.2, 0.25) is 0 Å². The highest BCUT2D eigenvalue weighted by atomic mass is 32.1. The van der Waals surface area contributed by atoms with Gasteiger partial charge < -0.3 is 14.5 Å². The number of hydrogen-bond donors (Lipinski definition) is 1. The number of tetrazole rings is 1. The monoisotopic (exact) mass is 386 g/mol. The lowest BCUT2D eigenvalue weighted by Crippen LogP contribution is -3.13. The number of piperazine rings is 1. The summed E-state index contributed by atoms with van der Waals surface area (Å²) >= 11 is 1.79. The number of rotatable bonds is 5. The van der Waals surface area contributed by atoms with Gasteiger partial charge in [-0.1, -0.05) is 23.5 Å². The summed E-state index contributed by atoms with van der Waals surface area (Å²) in [4.78, 5) is 8.72. The van der Waals surface area contributed by atoms with E-state index in [2.05, 4.69) is 44.7 Å². The summed E-state index contributed by atoms with van der Waals surface area (Å²) < 4.78 is 8.92. The van der Waals surface area contributed by atoms with Crippen LogP contribution in [0.5, 0.6) is 0 Å². The predicted octanol–water partition coefficient (Wildman–Crippen LogP) is 0.367. The van der Waals surface area contributed by atoms with Crippen LogP contribution in [0.1, 0.15) is 18.7 Å². The molecule has 0 spiro atoms. The van der Waals surface area contributed by atoms with Crippen LogP contribution in [0.4, 0.5) is 5.13 Å². The van der Waals surface area contributed by atoms with E-state index in [0.717, 1.165) is 75.2 Å². The molecule has 27 heavy (non-hydrogen) atoms. The third-order valence-electron chi connectivity index (χ3n) is 5.44. The normalized spacial score (nSPS) is 21.3. The van der Waals surface area contributed by atoms with E-state index < -0.39 is 0 Å². The lowest BCUT2D eigenvalue weighted by atomic mass is 10.2. The average molecular weight is 387 g/mol. The average Bonchev–Trinajstić information content (AvgIpc) is 3.44. The molecular weight excluding hydrogens is 362 g/mol. The molecule has 4 heterocycles. The summed E-state index contributed by atoms with van der Waals surface area (Å²) in [6.07, 6.45) is 2.51. The molecule has 0 saturated carbocycles. The Labute approximate surface area is 161 Å². The van der Waals surface area contributed by atoms with Crippen molar-refractivity contribution in [3.8, 4) is 0 Å². The van der Waals surface area contributed by atoms with E-state index >= 15 is 0 Å². The molecule has 0 amide bonds. The number of quaternary nitrogens is 1. The summed E-state index contributed by atoms with van der Waals surface area (Å²) in [5.41, 5.74) is 1.10. The minimum atomic E-state index is 0.262. The van der Waals surface area contributed by atoms with Crippen LogP contribution in [0, 0.1) is 0 Å². The van der Waals surface area contributed by atoms with Gasteiger partial charge in [0.1, 0.15) is 6.54 Å². The van der Waals surface area contributed by atoms with Crippen molar-refractivity contribution in [1.29, 1.82) is 0 Å². The summed E-state index contributed by atoms with van der Waals surface area (Å²) in [5.74, 6) is 0.967. The van der Waals surface area contributed by atoms with Gasteiger partial charge in [0.2, 0.25) is 5.82 Å². The molecule has 5 rings (SSSR count). The van der Waals surface area contributed by atoms with Gasteiger partial charge in [-0.2, -0.15) is 0 Å². The summed E-state index contributed by atoms with van der Waals surface area (Å²) in [6, 6.07) is 8.36. The van der Waals surface area contributed by atoms with E-state index in [9.17, 15) is 0 Å². The van der Waals surface area contributed by atoms with Crippen LogP contribution in [-0.4, -0.2) is 64.1 Å². The smallest absolute Gasteiger partial charge is 0.206 e. The zero-order valence-corrected chi connectivity index (χ0v) is 16.1. The van der Waals surface area contributed by atoms with Crippen molar-refractivity contribution in [2.24, 2.45) is 0 Å². The highest BCUT2D eigenvalue weighted by Gasteiger charge is 2.25. The first-order chi connectivity index (χ1) is 13.3. The molecule has 142 valence electrons. The Morgan fingerprint density at radius 1 is 1.22 bits per heavy atom. The number of anilines is 1. The molecule has 1 N–H and O–H groups in total. The maximum atomic E-state index is 5.72. The standard InChI is InChI=1S/C18H23N7OS/c1-2-6-16-15(5-1)19-18(27-16)24-9-7-23(8-10-24)13-17-20-21-22-25(17)12-14-4-3-11-26-14/h1-2,5-6,14H,3-4,7-13H2/p+1/t14-/m0/s1. The molecule has 0 aliphatic carbocycles. The fraction of sp³-hybridized carbons (Fsp3) is 0.556. The maximum absolute atomic E-state index is 5.72. The van der Waals surface area contributed by atoms with Crippen molar-refractivity contribution in [2.75, 3.05) is 37.7 Å². The Morgan fingerprint density at radius 3 is 2.93 bits per heavy atom. The molecule has 3 aromatic rings. The Hall–Kier alpha value is -2.10. The molecule has 9 heteroatoms. The van der Waals surface area contributed by atoms with E-state index in [1.54, 1.807) is 11.3 Å². The zero-order valence-electron chi connectivity index (χ0n) is 15.3. The number of para-hydroxylation sites is 1. The van der Waals surface area contributed by atoms with Crippen molar-refractivity contribution in [1.82, 2.24) is 25.2 Å². The van der Waals surface area contributed by atoms with Crippen LogP contribution >= 0.6 is 11.3 Å². The second kappa shape index (κ2) is 7.49. The highest BCUT2D eigenvalue weighted by molar-refractivity contribution is 7.22. The van der Waals surface area contributed by atoms with Gasteiger partial charge in [-0.05, 0) is 35.4 Å². The van der Waals surface area contributed by atoms with Gasteiger partial charge >= 0.3 is 0 Å². The number of fused-ring (bicyclic) bond motifs is 1. The van der Waals surface area contributed by atoms with Gasteiger partial charge in [0.05, 0.1) is 49.0 Å². The summed E-state index contributed by atoms with van der Waals surface area (Å²) in [6.45, 7) is 6.68. The largest absolute Gasteiger partial charge is 0.376 e. The first kappa shape index (κ1) is 17.0. The molecule has 0 radical (unpaired) electrons. The topological polar surface area (TPSA) is 73.4 Å². The summed E-state index contributed by atoms with van der Waals surface area (Å²) in [7, 11) is 0. The maximum Gasteiger partial charge on any atom is 0.206 e. The lowest BCUT2D eigenvalue weighted by Gasteiger charge is -2.31. The molecule has 2 aliphatic heterocycles. The molecule has 2 aromatic heterocycles. The van der Waals surface area contributed by atoms with Crippen molar-refractivity contribution in [2.45, 2.75) is 32.0 Å². The van der Waals surface area contributed by atoms with Gasteiger partial charge in [0.15, 0.2) is 5.13 Å². The SMILES string of the molecule is c1ccc2sc(N3CC[NH+](Cc4nnnn4C[C@@H]4CCCO4)CC3)nc2c1. The van der Waals surface area contributed by atoms with E-state index in [4.69, 9.17) is 9.72 Å². The van der Waals surface area contributed by atoms with Gasteiger partial charge in [-0.15, -0.1) is 5.10 Å². The third kappa shape index (κ3) is 3.67. The molecule has 8 nitrogen and oxygen atoms in total. The Kier molecular flexibility index (Phi) is 4.73. The first-order valence-electron chi connectivity index (χ1n) is 9.66. The first-order valence-corrected chi connectivity index (χ1v) is 10.5. The quantitative estimate of drug-likeness (QED) is 0.683. The van der Waals surface area contributed by atoms with Gasteiger partial charge in [-0.25, -0.2) is 9.67 Å². The van der Waals surface area contributed by atoms with Crippen molar-refractivity contribution < 1.29 is 9.64 Å². The second-order valence-electron chi connectivity index (χ2n) is 7.29. The fourth-order valence-corrected chi connectivity index (χ4v) is 4.90. The number of thiazole rings is 1. The molecule has 2 aliphatic rings. The molecule has 2 fully saturated rings.